The highest BCUT2D eigenvalue weighted by molar-refractivity contribution is 5.30. The van der Waals surface area contributed by atoms with E-state index in [1.165, 1.54) is 0 Å². The quantitative estimate of drug-likeness (QED) is 0.791. The molecule has 0 unspecified atom stereocenters. The Balaban J connectivity index is 2.08. The average Bonchev–Trinajstić information content (AvgIpc) is 2.33. The van der Waals surface area contributed by atoms with Gasteiger partial charge in [-0.3, -0.25) is 0 Å². The molecule has 1 aliphatic rings. The molecule has 1 fully saturated rings. The molecule has 2 heterocycles. The van der Waals surface area contributed by atoms with E-state index in [4.69, 9.17) is 4.74 Å². The van der Waals surface area contributed by atoms with Gasteiger partial charge < -0.3 is 15.2 Å². The molecule has 0 aliphatic carbocycles. The summed E-state index contributed by atoms with van der Waals surface area (Å²) in [5, 5.41) is 12.7. The van der Waals surface area contributed by atoms with Gasteiger partial charge in [-0.2, -0.15) is 0 Å². The molecule has 2 N–H and O–H groups in total. The van der Waals surface area contributed by atoms with Crippen LogP contribution in [-0.2, 0) is 4.74 Å². The van der Waals surface area contributed by atoms with Crippen molar-refractivity contribution < 1.29 is 9.84 Å². The highest BCUT2D eigenvalue weighted by atomic mass is 16.5. The van der Waals surface area contributed by atoms with Gasteiger partial charge >= 0.3 is 0 Å². The van der Waals surface area contributed by atoms with Gasteiger partial charge in [-0.1, -0.05) is 0 Å². The van der Waals surface area contributed by atoms with Crippen LogP contribution < -0.4 is 5.32 Å². The number of hydrogen-bond acceptors (Lipinski definition) is 5. The van der Waals surface area contributed by atoms with Crippen LogP contribution in [0.25, 0.3) is 0 Å². The fraction of sp³-hybridized carbons (Fsp3) is 0.636. The summed E-state index contributed by atoms with van der Waals surface area (Å²) in [6, 6.07) is 0. The molecule has 0 amide bonds. The molecule has 5 heteroatoms. The Labute approximate surface area is 94.9 Å². The zero-order valence-electron chi connectivity index (χ0n) is 9.44. The Morgan fingerprint density at radius 1 is 1.38 bits per heavy atom. The zero-order valence-corrected chi connectivity index (χ0v) is 9.44. The maximum absolute atomic E-state index is 9.48. The number of aromatic nitrogens is 2. The van der Waals surface area contributed by atoms with Crippen molar-refractivity contribution in [2.45, 2.75) is 25.3 Å². The van der Waals surface area contributed by atoms with Gasteiger partial charge in [0.2, 0.25) is 5.95 Å². The number of aliphatic hydroxyl groups is 1. The van der Waals surface area contributed by atoms with Crippen molar-refractivity contribution in [3.8, 4) is 0 Å². The molecule has 88 valence electrons. The molecule has 0 bridgehead atoms. The SMILES string of the molecule is Cc1cnc(NC2(CO)CCOCC2)nc1. The summed E-state index contributed by atoms with van der Waals surface area (Å²) in [5.74, 6) is 0.571. The summed E-state index contributed by atoms with van der Waals surface area (Å²) in [7, 11) is 0. The van der Waals surface area contributed by atoms with Gasteiger partial charge in [0, 0.05) is 25.6 Å². The molecular weight excluding hydrogens is 206 g/mol. The minimum atomic E-state index is -0.326. The van der Waals surface area contributed by atoms with Crippen molar-refractivity contribution in [1.29, 1.82) is 0 Å². The molecule has 0 saturated carbocycles. The lowest BCUT2D eigenvalue weighted by atomic mass is 9.91. The highest BCUT2D eigenvalue weighted by Crippen LogP contribution is 2.23. The van der Waals surface area contributed by atoms with Gasteiger partial charge in [0.15, 0.2) is 0 Å². The van der Waals surface area contributed by atoms with Crippen LogP contribution in [0.15, 0.2) is 12.4 Å². The summed E-state index contributed by atoms with van der Waals surface area (Å²) in [5.41, 5.74) is 0.698. The lowest BCUT2D eigenvalue weighted by molar-refractivity contribution is 0.0377. The average molecular weight is 223 g/mol. The van der Waals surface area contributed by atoms with Gasteiger partial charge in [0.25, 0.3) is 0 Å². The molecular formula is C11H17N3O2. The number of aliphatic hydroxyl groups excluding tert-OH is 1. The first kappa shape index (κ1) is 11.3. The van der Waals surface area contributed by atoms with E-state index < -0.39 is 0 Å². The van der Waals surface area contributed by atoms with E-state index in [2.05, 4.69) is 15.3 Å². The van der Waals surface area contributed by atoms with Crippen LogP contribution in [0.1, 0.15) is 18.4 Å². The maximum atomic E-state index is 9.48. The van der Waals surface area contributed by atoms with Gasteiger partial charge in [-0.15, -0.1) is 0 Å². The largest absolute Gasteiger partial charge is 0.394 e. The molecule has 2 rings (SSSR count). The number of hydrogen-bond donors (Lipinski definition) is 2. The van der Waals surface area contributed by atoms with E-state index in [9.17, 15) is 5.11 Å². The Bertz CT molecular complexity index is 334. The zero-order chi connectivity index (χ0) is 11.4. The van der Waals surface area contributed by atoms with E-state index in [1.807, 2.05) is 6.92 Å². The molecule has 0 atom stereocenters. The van der Waals surface area contributed by atoms with Crippen molar-refractivity contribution in [1.82, 2.24) is 9.97 Å². The molecule has 1 saturated heterocycles. The fourth-order valence-corrected chi connectivity index (χ4v) is 1.78. The lowest BCUT2D eigenvalue weighted by Crippen LogP contribution is -2.47. The van der Waals surface area contributed by atoms with Crippen LogP contribution in [0, 0.1) is 6.92 Å². The number of nitrogens with zero attached hydrogens (tertiary/aromatic N) is 2. The normalized spacial score (nSPS) is 19.4. The van der Waals surface area contributed by atoms with Crippen LogP contribution >= 0.6 is 0 Å². The van der Waals surface area contributed by atoms with Crippen LogP contribution in [0.2, 0.25) is 0 Å². The van der Waals surface area contributed by atoms with Crippen LogP contribution in [0.5, 0.6) is 0 Å². The minimum Gasteiger partial charge on any atom is -0.394 e. The van der Waals surface area contributed by atoms with Gasteiger partial charge in [0.1, 0.15) is 0 Å². The third kappa shape index (κ3) is 2.48. The second kappa shape index (κ2) is 4.76. The number of nitrogens with one attached hydrogen (secondary N) is 1. The summed E-state index contributed by atoms with van der Waals surface area (Å²) >= 11 is 0. The van der Waals surface area contributed by atoms with Gasteiger partial charge in [-0.05, 0) is 25.3 Å². The Hall–Kier alpha value is -1.20. The third-order valence-corrected chi connectivity index (χ3v) is 2.91. The fourth-order valence-electron chi connectivity index (χ4n) is 1.78. The Kier molecular flexibility index (Phi) is 3.36. The molecule has 1 aliphatic heterocycles. The van der Waals surface area contributed by atoms with E-state index in [1.54, 1.807) is 12.4 Å². The summed E-state index contributed by atoms with van der Waals surface area (Å²) in [4.78, 5) is 8.38. The van der Waals surface area contributed by atoms with Crippen LogP contribution in [0.3, 0.4) is 0 Å². The van der Waals surface area contributed by atoms with Crippen molar-refractivity contribution in [2.24, 2.45) is 0 Å². The summed E-state index contributed by atoms with van der Waals surface area (Å²) < 4.78 is 5.29. The van der Waals surface area contributed by atoms with Crippen molar-refractivity contribution >= 4 is 5.95 Å². The number of rotatable bonds is 3. The Morgan fingerprint density at radius 3 is 2.56 bits per heavy atom. The predicted octanol–water partition coefficient (Wildman–Crippen LogP) is 0.738. The first-order valence-electron chi connectivity index (χ1n) is 5.50. The topological polar surface area (TPSA) is 67.3 Å². The molecule has 1 aromatic heterocycles. The molecule has 0 spiro atoms. The molecule has 5 nitrogen and oxygen atoms in total. The maximum Gasteiger partial charge on any atom is 0.223 e. The van der Waals surface area contributed by atoms with Gasteiger partial charge in [-0.25, -0.2) is 9.97 Å². The smallest absolute Gasteiger partial charge is 0.223 e. The summed E-state index contributed by atoms with van der Waals surface area (Å²) in [6.45, 7) is 3.35. The second-order valence-electron chi connectivity index (χ2n) is 4.26. The molecule has 1 aromatic rings. The standard InChI is InChI=1S/C11H17N3O2/c1-9-6-12-10(13-7-9)14-11(8-15)2-4-16-5-3-11/h6-7,15H,2-5,8H2,1H3,(H,12,13,14). The summed E-state index contributed by atoms with van der Waals surface area (Å²) in [6.07, 6.45) is 5.08. The van der Waals surface area contributed by atoms with E-state index in [0.29, 0.717) is 19.2 Å². The van der Waals surface area contributed by atoms with Crippen LogP contribution in [0.4, 0.5) is 5.95 Å². The van der Waals surface area contributed by atoms with E-state index in [-0.39, 0.29) is 12.1 Å². The van der Waals surface area contributed by atoms with Crippen molar-refractivity contribution in [3.63, 3.8) is 0 Å². The lowest BCUT2D eigenvalue weighted by Gasteiger charge is -2.36. The molecule has 0 aromatic carbocycles. The minimum absolute atomic E-state index is 0.0770. The highest BCUT2D eigenvalue weighted by Gasteiger charge is 2.32. The predicted molar refractivity (Wildman–Crippen MR) is 60.3 cm³/mol. The number of aryl methyl sites for hydroxylation is 1. The van der Waals surface area contributed by atoms with Gasteiger partial charge in [0.05, 0.1) is 12.1 Å². The third-order valence-electron chi connectivity index (χ3n) is 2.91. The first-order valence-corrected chi connectivity index (χ1v) is 5.50. The molecule has 0 radical (unpaired) electrons. The monoisotopic (exact) mass is 223 g/mol. The van der Waals surface area contributed by atoms with Crippen LogP contribution in [-0.4, -0.2) is 40.4 Å². The van der Waals surface area contributed by atoms with E-state index in [0.717, 1.165) is 18.4 Å². The second-order valence-corrected chi connectivity index (χ2v) is 4.26. The number of anilines is 1. The van der Waals surface area contributed by atoms with Crippen molar-refractivity contribution in [3.05, 3.63) is 18.0 Å². The Morgan fingerprint density at radius 2 is 2.00 bits per heavy atom. The van der Waals surface area contributed by atoms with E-state index >= 15 is 0 Å². The first-order chi connectivity index (χ1) is 7.74. The molecule has 16 heavy (non-hydrogen) atoms. The number of ether oxygens (including phenoxy) is 1. The van der Waals surface area contributed by atoms with Crippen molar-refractivity contribution in [2.75, 3.05) is 25.1 Å².